The van der Waals surface area contributed by atoms with Gasteiger partial charge in [-0.3, -0.25) is 4.79 Å². The fourth-order valence-corrected chi connectivity index (χ4v) is 3.66. The van der Waals surface area contributed by atoms with Crippen LogP contribution >= 0.6 is 0 Å². The van der Waals surface area contributed by atoms with E-state index in [9.17, 15) is 4.79 Å². The van der Waals surface area contributed by atoms with Crippen LogP contribution in [0.2, 0.25) is 0 Å². The van der Waals surface area contributed by atoms with Crippen LogP contribution in [0.1, 0.15) is 19.8 Å². The number of piperazine rings is 1. The van der Waals surface area contributed by atoms with Gasteiger partial charge < -0.3 is 19.4 Å². The van der Waals surface area contributed by atoms with Crippen LogP contribution in [0.4, 0.5) is 11.6 Å². The predicted molar refractivity (Wildman–Crippen MR) is 109 cm³/mol. The van der Waals surface area contributed by atoms with Crippen molar-refractivity contribution in [3.8, 4) is 6.01 Å². The van der Waals surface area contributed by atoms with Gasteiger partial charge in [-0.25, -0.2) is 9.97 Å². The summed E-state index contributed by atoms with van der Waals surface area (Å²) in [6.45, 7) is 7.06. The summed E-state index contributed by atoms with van der Waals surface area (Å²) < 4.78 is 5.36. The summed E-state index contributed by atoms with van der Waals surface area (Å²) in [6, 6.07) is 6.02. The van der Waals surface area contributed by atoms with Crippen LogP contribution in [-0.4, -0.2) is 76.8 Å². The lowest BCUT2D eigenvalue weighted by Crippen LogP contribution is -2.50. The number of anilines is 2. The van der Waals surface area contributed by atoms with E-state index >= 15 is 0 Å². The first-order chi connectivity index (χ1) is 14.2. The molecule has 2 aromatic heterocycles. The molecule has 2 aromatic rings. The molecule has 0 N–H and O–H groups in total. The smallest absolute Gasteiger partial charge is 0.316 e. The molecule has 2 fully saturated rings. The minimum Gasteiger partial charge on any atom is -0.453 e. The zero-order chi connectivity index (χ0) is 20.1. The van der Waals surface area contributed by atoms with E-state index in [2.05, 4.69) is 43.0 Å². The Morgan fingerprint density at radius 2 is 1.55 bits per heavy atom. The number of aromatic nitrogens is 4. The van der Waals surface area contributed by atoms with E-state index in [4.69, 9.17) is 4.74 Å². The zero-order valence-corrected chi connectivity index (χ0v) is 16.8. The van der Waals surface area contributed by atoms with Crippen LogP contribution in [0, 0.1) is 5.92 Å². The first kappa shape index (κ1) is 19.4. The van der Waals surface area contributed by atoms with Crippen LogP contribution in [0.5, 0.6) is 6.01 Å². The second-order valence-electron chi connectivity index (χ2n) is 7.61. The van der Waals surface area contributed by atoms with Crippen LogP contribution in [0.3, 0.4) is 0 Å². The largest absolute Gasteiger partial charge is 0.453 e. The maximum atomic E-state index is 12.4. The molecule has 1 amide bonds. The highest BCUT2D eigenvalue weighted by Crippen LogP contribution is 2.22. The molecule has 0 bridgehead atoms. The Bertz CT molecular complexity index is 786. The molecule has 9 heteroatoms. The number of carbonyl (C=O) groups is 1. The Morgan fingerprint density at radius 1 is 0.966 bits per heavy atom. The van der Waals surface area contributed by atoms with Gasteiger partial charge in [-0.15, -0.1) is 10.2 Å². The molecule has 154 valence electrons. The van der Waals surface area contributed by atoms with Crippen molar-refractivity contribution in [1.29, 1.82) is 0 Å². The molecule has 0 spiro atoms. The molecule has 0 saturated carbocycles. The van der Waals surface area contributed by atoms with Gasteiger partial charge in [-0.1, -0.05) is 6.92 Å². The predicted octanol–water partition coefficient (Wildman–Crippen LogP) is 1.23. The van der Waals surface area contributed by atoms with Crippen LogP contribution in [-0.2, 0) is 4.79 Å². The number of hydrogen-bond donors (Lipinski definition) is 0. The molecule has 2 aliphatic rings. The maximum Gasteiger partial charge on any atom is 0.316 e. The van der Waals surface area contributed by atoms with E-state index in [0.717, 1.165) is 43.7 Å². The number of amides is 1. The molecule has 0 aromatic carbocycles. The second-order valence-corrected chi connectivity index (χ2v) is 7.61. The van der Waals surface area contributed by atoms with Gasteiger partial charge in [0.15, 0.2) is 18.2 Å². The summed E-state index contributed by atoms with van der Waals surface area (Å²) in [5.41, 5.74) is 0. The standard InChI is InChI=1S/C20H27N7O2/c1-16-5-9-25(10-6-16)17-3-4-18(24-23-17)26-11-13-27(14-12-26)19(28)15-29-20-21-7-2-8-22-20/h2-4,7-8,16H,5-6,9-15H2,1H3. The SMILES string of the molecule is CC1CCN(c2ccc(N3CCN(C(=O)COc4ncccn4)CC3)nn2)CC1. The normalized spacial score (nSPS) is 18.0. The fraction of sp³-hybridized carbons (Fsp3) is 0.550. The van der Waals surface area contributed by atoms with Gasteiger partial charge in [0, 0.05) is 51.7 Å². The van der Waals surface area contributed by atoms with Crippen molar-refractivity contribution in [2.75, 3.05) is 55.7 Å². The van der Waals surface area contributed by atoms with E-state index in [-0.39, 0.29) is 18.5 Å². The van der Waals surface area contributed by atoms with E-state index in [0.29, 0.717) is 13.1 Å². The van der Waals surface area contributed by atoms with Crippen molar-refractivity contribution in [3.63, 3.8) is 0 Å². The highest BCUT2D eigenvalue weighted by molar-refractivity contribution is 5.78. The summed E-state index contributed by atoms with van der Waals surface area (Å²) in [7, 11) is 0. The zero-order valence-electron chi connectivity index (χ0n) is 16.8. The lowest BCUT2D eigenvalue weighted by atomic mass is 9.99. The Kier molecular flexibility index (Phi) is 6.02. The van der Waals surface area contributed by atoms with Crippen molar-refractivity contribution < 1.29 is 9.53 Å². The van der Waals surface area contributed by atoms with Crippen LogP contribution < -0.4 is 14.5 Å². The van der Waals surface area contributed by atoms with E-state index in [1.54, 1.807) is 23.4 Å². The molecule has 4 heterocycles. The van der Waals surface area contributed by atoms with E-state index in [1.165, 1.54) is 12.8 Å². The molecular weight excluding hydrogens is 370 g/mol. The third kappa shape index (κ3) is 4.90. The summed E-state index contributed by atoms with van der Waals surface area (Å²) in [5.74, 6) is 2.55. The molecule has 2 aliphatic heterocycles. The highest BCUT2D eigenvalue weighted by atomic mass is 16.5. The van der Waals surface area contributed by atoms with Crippen molar-refractivity contribution in [3.05, 3.63) is 30.6 Å². The second kappa shape index (κ2) is 9.02. The number of nitrogens with zero attached hydrogens (tertiary/aromatic N) is 7. The lowest BCUT2D eigenvalue weighted by molar-refractivity contribution is -0.133. The van der Waals surface area contributed by atoms with Gasteiger partial charge in [0.25, 0.3) is 5.91 Å². The molecule has 29 heavy (non-hydrogen) atoms. The summed E-state index contributed by atoms with van der Waals surface area (Å²) >= 11 is 0. The highest BCUT2D eigenvalue weighted by Gasteiger charge is 2.23. The van der Waals surface area contributed by atoms with Gasteiger partial charge in [0.05, 0.1) is 0 Å². The molecule has 0 unspecified atom stereocenters. The van der Waals surface area contributed by atoms with Crippen molar-refractivity contribution in [2.45, 2.75) is 19.8 Å². The average Bonchev–Trinajstić information content (AvgIpc) is 2.79. The molecule has 4 rings (SSSR count). The molecule has 0 radical (unpaired) electrons. The third-order valence-electron chi connectivity index (χ3n) is 5.57. The van der Waals surface area contributed by atoms with Gasteiger partial charge in [0.2, 0.25) is 0 Å². The minimum absolute atomic E-state index is 0.0486. The number of carbonyl (C=O) groups excluding carboxylic acids is 1. The van der Waals surface area contributed by atoms with Gasteiger partial charge >= 0.3 is 6.01 Å². The first-order valence-electron chi connectivity index (χ1n) is 10.2. The number of piperidine rings is 1. The molecular formula is C20H27N7O2. The molecule has 0 atom stereocenters. The Morgan fingerprint density at radius 3 is 2.14 bits per heavy atom. The first-order valence-corrected chi connectivity index (χ1v) is 10.2. The monoisotopic (exact) mass is 397 g/mol. The van der Waals surface area contributed by atoms with Crippen LogP contribution in [0.15, 0.2) is 30.6 Å². The number of hydrogen-bond acceptors (Lipinski definition) is 8. The minimum atomic E-state index is -0.0575. The fourth-order valence-electron chi connectivity index (χ4n) is 3.66. The summed E-state index contributed by atoms with van der Waals surface area (Å²) in [6.07, 6.45) is 5.59. The van der Waals surface area contributed by atoms with Crippen molar-refractivity contribution in [1.82, 2.24) is 25.1 Å². The number of rotatable bonds is 5. The molecule has 0 aliphatic carbocycles. The van der Waals surface area contributed by atoms with E-state index < -0.39 is 0 Å². The summed E-state index contributed by atoms with van der Waals surface area (Å²) in [5, 5.41) is 8.87. The van der Waals surface area contributed by atoms with Crippen molar-refractivity contribution >= 4 is 17.5 Å². The molecule has 9 nitrogen and oxygen atoms in total. The third-order valence-corrected chi connectivity index (χ3v) is 5.57. The molecule has 2 saturated heterocycles. The van der Waals surface area contributed by atoms with Gasteiger partial charge in [0.1, 0.15) is 0 Å². The summed E-state index contributed by atoms with van der Waals surface area (Å²) in [4.78, 5) is 26.6. The Balaban J connectivity index is 1.25. The van der Waals surface area contributed by atoms with E-state index in [1.807, 2.05) is 6.07 Å². The maximum absolute atomic E-state index is 12.4. The van der Waals surface area contributed by atoms with Crippen molar-refractivity contribution in [2.24, 2.45) is 5.92 Å². The Labute approximate surface area is 170 Å². The lowest BCUT2D eigenvalue weighted by Gasteiger charge is -2.35. The number of ether oxygens (including phenoxy) is 1. The van der Waals surface area contributed by atoms with Gasteiger partial charge in [-0.2, -0.15) is 0 Å². The van der Waals surface area contributed by atoms with Crippen LogP contribution in [0.25, 0.3) is 0 Å². The Hall–Kier alpha value is -2.97. The average molecular weight is 397 g/mol. The van der Waals surface area contributed by atoms with Gasteiger partial charge in [-0.05, 0) is 37.0 Å². The topological polar surface area (TPSA) is 87.6 Å². The quantitative estimate of drug-likeness (QED) is 0.745.